The number of hydrogen-bond acceptors (Lipinski definition) is 1. The predicted molar refractivity (Wildman–Crippen MR) is 69.1 cm³/mol. The van der Waals surface area contributed by atoms with Gasteiger partial charge in [-0.05, 0) is 24.6 Å². The molecule has 0 aliphatic carbocycles. The molecule has 5 heteroatoms. The van der Waals surface area contributed by atoms with E-state index in [0.29, 0.717) is 12.2 Å². The van der Waals surface area contributed by atoms with Gasteiger partial charge in [-0.25, -0.2) is 0 Å². The Morgan fingerprint density at radius 1 is 1.11 bits per heavy atom. The van der Waals surface area contributed by atoms with E-state index in [0.717, 1.165) is 37.8 Å². The van der Waals surface area contributed by atoms with Gasteiger partial charge in [0.25, 0.3) is 0 Å². The Kier molecular flexibility index (Phi) is 5.79. The molecule has 0 fully saturated rings. The molecule has 0 spiro atoms. The van der Waals surface area contributed by atoms with Crippen LogP contribution in [0.25, 0.3) is 0 Å². The van der Waals surface area contributed by atoms with Crippen molar-refractivity contribution in [2.45, 2.75) is 38.8 Å². The van der Waals surface area contributed by atoms with Crippen LogP contribution in [0, 0.1) is 0 Å². The lowest BCUT2D eigenvalue weighted by Gasteiger charge is -2.11. The summed E-state index contributed by atoms with van der Waals surface area (Å²) in [5.74, 6) is 0. The van der Waals surface area contributed by atoms with E-state index in [1.54, 1.807) is 0 Å². The van der Waals surface area contributed by atoms with Crippen LogP contribution in [-0.2, 0) is 6.18 Å². The molecule has 102 valence electrons. The zero-order chi connectivity index (χ0) is 13.6. The quantitative estimate of drug-likeness (QED) is 0.692. The Balaban J connectivity index is 2.58. The van der Waals surface area contributed by atoms with Gasteiger partial charge in [-0.3, -0.25) is 0 Å². The van der Waals surface area contributed by atoms with Gasteiger partial charge in [0, 0.05) is 17.3 Å². The number of hydrogen-bond donors (Lipinski definition) is 1. The fourth-order valence-corrected chi connectivity index (χ4v) is 1.87. The lowest BCUT2D eigenvalue weighted by atomic mass is 10.1. The zero-order valence-corrected chi connectivity index (χ0v) is 11.0. The van der Waals surface area contributed by atoms with Gasteiger partial charge in [-0.15, -0.1) is 0 Å². The van der Waals surface area contributed by atoms with Crippen LogP contribution >= 0.6 is 11.6 Å². The summed E-state index contributed by atoms with van der Waals surface area (Å²) in [6.07, 6.45) is -0.0537. The monoisotopic (exact) mass is 279 g/mol. The molecule has 0 aromatic heterocycles. The molecule has 0 aliphatic heterocycles. The van der Waals surface area contributed by atoms with E-state index < -0.39 is 11.7 Å². The van der Waals surface area contributed by atoms with E-state index in [1.165, 1.54) is 6.07 Å². The molecule has 0 bridgehead atoms. The van der Waals surface area contributed by atoms with Gasteiger partial charge in [-0.2, -0.15) is 13.2 Å². The van der Waals surface area contributed by atoms with Crippen LogP contribution in [0.3, 0.4) is 0 Å². The highest BCUT2D eigenvalue weighted by atomic mass is 35.5. The van der Waals surface area contributed by atoms with Crippen molar-refractivity contribution in [3.8, 4) is 0 Å². The third-order valence-corrected chi connectivity index (χ3v) is 2.80. The maximum absolute atomic E-state index is 12.6. The first-order chi connectivity index (χ1) is 8.43. The Morgan fingerprint density at radius 2 is 1.83 bits per heavy atom. The van der Waals surface area contributed by atoms with E-state index >= 15 is 0 Å². The van der Waals surface area contributed by atoms with E-state index in [4.69, 9.17) is 11.6 Å². The molecule has 0 saturated carbocycles. The molecule has 0 atom stereocenters. The molecule has 0 unspecified atom stereocenters. The third kappa shape index (κ3) is 5.17. The van der Waals surface area contributed by atoms with E-state index in [1.807, 2.05) is 0 Å². The van der Waals surface area contributed by atoms with Gasteiger partial charge < -0.3 is 5.32 Å². The van der Waals surface area contributed by atoms with Crippen molar-refractivity contribution in [3.63, 3.8) is 0 Å². The molecule has 0 radical (unpaired) electrons. The Labute approximate surface area is 110 Å². The van der Waals surface area contributed by atoms with Crippen LogP contribution in [0.5, 0.6) is 0 Å². The van der Waals surface area contributed by atoms with Crippen molar-refractivity contribution in [1.82, 2.24) is 0 Å². The molecule has 18 heavy (non-hydrogen) atoms. The average Bonchev–Trinajstić information content (AvgIpc) is 2.27. The number of alkyl halides is 3. The number of rotatable bonds is 6. The van der Waals surface area contributed by atoms with Crippen molar-refractivity contribution < 1.29 is 13.2 Å². The smallest absolute Gasteiger partial charge is 0.385 e. The zero-order valence-electron chi connectivity index (χ0n) is 10.3. The van der Waals surface area contributed by atoms with Crippen molar-refractivity contribution in [1.29, 1.82) is 0 Å². The third-order valence-electron chi connectivity index (χ3n) is 2.58. The van der Waals surface area contributed by atoms with Crippen LogP contribution in [0.1, 0.15) is 38.2 Å². The van der Waals surface area contributed by atoms with E-state index in [2.05, 4.69) is 12.2 Å². The molecule has 0 saturated heterocycles. The second-order valence-corrected chi connectivity index (χ2v) is 4.65. The van der Waals surface area contributed by atoms with Gasteiger partial charge >= 0.3 is 6.18 Å². The van der Waals surface area contributed by atoms with Gasteiger partial charge in [0.1, 0.15) is 0 Å². The fraction of sp³-hybridized carbons (Fsp3) is 0.538. The van der Waals surface area contributed by atoms with Gasteiger partial charge in [0.15, 0.2) is 0 Å². The molecule has 1 N–H and O–H groups in total. The van der Waals surface area contributed by atoms with Crippen molar-refractivity contribution >= 4 is 17.3 Å². The normalized spacial score (nSPS) is 11.6. The first-order valence-electron chi connectivity index (χ1n) is 6.05. The summed E-state index contributed by atoms with van der Waals surface area (Å²) in [4.78, 5) is 0. The molecular formula is C13H17ClF3N. The van der Waals surface area contributed by atoms with Gasteiger partial charge in [0.2, 0.25) is 0 Å². The fourth-order valence-electron chi connectivity index (χ4n) is 1.64. The highest BCUT2D eigenvalue weighted by molar-refractivity contribution is 6.30. The summed E-state index contributed by atoms with van der Waals surface area (Å²) < 4.78 is 37.7. The minimum absolute atomic E-state index is 0.0980. The molecule has 0 aliphatic rings. The molecule has 0 heterocycles. The van der Waals surface area contributed by atoms with E-state index in [-0.39, 0.29) is 5.02 Å². The van der Waals surface area contributed by atoms with Crippen LogP contribution < -0.4 is 5.32 Å². The minimum Gasteiger partial charge on any atom is -0.385 e. The molecular weight excluding hydrogens is 263 g/mol. The molecule has 0 amide bonds. The van der Waals surface area contributed by atoms with Crippen LogP contribution in [0.4, 0.5) is 18.9 Å². The summed E-state index contributed by atoms with van der Waals surface area (Å²) in [6, 6.07) is 3.53. The number of benzene rings is 1. The van der Waals surface area contributed by atoms with Crippen LogP contribution in [0.2, 0.25) is 5.02 Å². The standard InChI is InChI=1S/C13H17ClF3N/c1-2-3-4-5-6-18-12-8-10(13(15,16)17)7-11(14)9-12/h7-9,18H,2-6H2,1H3. The summed E-state index contributed by atoms with van der Waals surface area (Å²) in [5, 5.41) is 3.07. The highest BCUT2D eigenvalue weighted by Gasteiger charge is 2.31. The number of halogens is 4. The molecule has 1 aromatic carbocycles. The number of nitrogens with one attached hydrogen (secondary N) is 1. The summed E-state index contributed by atoms with van der Waals surface area (Å²) in [5.41, 5.74) is -0.294. The average molecular weight is 280 g/mol. The Hall–Kier alpha value is -0.900. The summed E-state index contributed by atoms with van der Waals surface area (Å²) >= 11 is 5.68. The van der Waals surface area contributed by atoms with Crippen molar-refractivity contribution in [3.05, 3.63) is 28.8 Å². The predicted octanol–water partition coefficient (Wildman–Crippen LogP) is 5.35. The largest absolute Gasteiger partial charge is 0.416 e. The van der Waals surface area contributed by atoms with Crippen molar-refractivity contribution in [2.24, 2.45) is 0 Å². The minimum atomic E-state index is -4.36. The Bertz CT molecular complexity index is 377. The SMILES string of the molecule is CCCCCCNc1cc(Cl)cc(C(F)(F)F)c1. The van der Waals surface area contributed by atoms with Gasteiger partial charge in [-0.1, -0.05) is 37.8 Å². The first-order valence-corrected chi connectivity index (χ1v) is 6.43. The van der Waals surface area contributed by atoms with Gasteiger partial charge in [0.05, 0.1) is 5.56 Å². The molecule has 1 aromatic rings. The summed E-state index contributed by atoms with van der Waals surface area (Å²) in [7, 11) is 0. The first kappa shape index (κ1) is 15.2. The second kappa shape index (κ2) is 6.88. The van der Waals surface area contributed by atoms with Crippen LogP contribution in [0.15, 0.2) is 18.2 Å². The molecule has 1 nitrogen and oxygen atoms in total. The maximum Gasteiger partial charge on any atom is 0.416 e. The van der Waals surface area contributed by atoms with Crippen LogP contribution in [-0.4, -0.2) is 6.54 Å². The second-order valence-electron chi connectivity index (χ2n) is 4.21. The summed E-state index contributed by atoms with van der Waals surface area (Å²) in [6.45, 7) is 2.78. The maximum atomic E-state index is 12.6. The molecule has 1 rings (SSSR count). The number of anilines is 1. The number of unbranched alkanes of at least 4 members (excludes halogenated alkanes) is 3. The Morgan fingerprint density at radius 3 is 2.44 bits per heavy atom. The van der Waals surface area contributed by atoms with E-state index in [9.17, 15) is 13.2 Å². The lowest BCUT2D eigenvalue weighted by molar-refractivity contribution is -0.137. The van der Waals surface area contributed by atoms with Crippen molar-refractivity contribution in [2.75, 3.05) is 11.9 Å². The highest BCUT2D eigenvalue weighted by Crippen LogP contribution is 2.33. The lowest BCUT2D eigenvalue weighted by Crippen LogP contribution is -2.07. The topological polar surface area (TPSA) is 12.0 Å².